The minimum absolute atomic E-state index is 0.107. The van der Waals surface area contributed by atoms with Crippen molar-refractivity contribution in [1.29, 1.82) is 0 Å². The van der Waals surface area contributed by atoms with Gasteiger partial charge in [-0.3, -0.25) is 9.48 Å². The summed E-state index contributed by atoms with van der Waals surface area (Å²) in [5.41, 5.74) is 5.74. The predicted molar refractivity (Wildman–Crippen MR) is 135 cm³/mol. The number of rotatable bonds is 8. The highest BCUT2D eigenvalue weighted by Gasteiger charge is 2.27. The van der Waals surface area contributed by atoms with Gasteiger partial charge in [-0.05, 0) is 63.6 Å². The largest absolute Gasteiger partial charge is 0.465 e. The van der Waals surface area contributed by atoms with Crippen molar-refractivity contribution in [2.45, 2.75) is 70.0 Å². The summed E-state index contributed by atoms with van der Waals surface area (Å²) in [5, 5.41) is 11.7. The molecule has 0 amide bonds. The molecule has 8 nitrogen and oxygen atoms in total. The van der Waals surface area contributed by atoms with E-state index < -0.39 is 0 Å². The minimum atomic E-state index is -0.277. The Morgan fingerprint density at radius 1 is 1.06 bits per heavy atom. The topological polar surface area (TPSA) is 94.0 Å². The third-order valence-corrected chi connectivity index (χ3v) is 7.26. The Hall–Kier alpha value is -3.26. The number of carbonyl (C=O) groups is 1. The van der Waals surface area contributed by atoms with Crippen LogP contribution in [-0.2, 0) is 28.9 Å². The number of fused-ring (bicyclic) bond motifs is 1. The van der Waals surface area contributed by atoms with E-state index in [0.717, 1.165) is 55.3 Å². The van der Waals surface area contributed by atoms with Crippen molar-refractivity contribution < 1.29 is 9.53 Å². The number of benzene rings is 1. The summed E-state index contributed by atoms with van der Waals surface area (Å²) in [6, 6.07) is 9.45. The standard InChI is InChI=1S/C27H34N6O2/c1-3-35-25(34)17-33-16-24(26(32-33)18-8-10-22(28-2)11-9-18)21-14-29-27(30-15-21)31-23-12-19-6-4-5-7-20(19)13-23/h4-7,14-16,18,22-23,28H,3,8-13,17H2,1-2H3,(H,29,30,31). The van der Waals surface area contributed by atoms with Crippen LogP contribution < -0.4 is 10.6 Å². The first-order valence-electron chi connectivity index (χ1n) is 12.7. The van der Waals surface area contributed by atoms with Crippen LogP contribution in [0.3, 0.4) is 0 Å². The van der Waals surface area contributed by atoms with Gasteiger partial charge in [0, 0.05) is 47.7 Å². The molecular formula is C27H34N6O2. The molecule has 2 heterocycles. The monoisotopic (exact) mass is 474 g/mol. The van der Waals surface area contributed by atoms with E-state index in [1.54, 1.807) is 4.68 Å². The summed E-state index contributed by atoms with van der Waals surface area (Å²) in [6.45, 7) is 2.28. The fourth-order valence-corrected chi connectivity index (χ4v) is 5.42. The maximum atomic E-state index is 12.1. The lowest BCUT2D eigenvalue weighted by atomic mass is 9.82. The van der Waals surface area contributed by atoms with Crippen LogP contribution in [-0.4, -0.2) is 51.5 Å². The third kappa shape index (κ3) is 5.37. The number of ether oxygens (including phenoxy) is 1. The molecule has 2 aliphatic carbocycles. The number of hydrogen-bond acceptors (Lipinski definition) is 7. The van der Waals surface area contributed by atoms with E-state index >= 15 is 0 Å². The molecule has 0 radical (unpaired) electrons. The lowest BCUT2D eigenvalue weighted by molar-refractivity contribution is -0.144. The maximum Gasteiger partial charge on any atom is 0.327 e. The van der Waals surface area contributed by atoms with Gasteiger partial charge in [0.05, 0.1) is 12.3 Å². The minimum Gasteiger partial charge on any atom is -0.465 e. The fraction of sp³-hybridized carbons (Fsp3) is 0.481. The zero-order valence-corrected chi connectivity index (χ0v) is 20.5. The van der Waals surface area contributed by atoms with Gasteiger partial charge in [-0.1, -0.05) is 24.3 Å². The smallest absolute Gasteiger partial charge is 0.327 e. The Kier molecular flexibility index (Phi) is 7.08. The second-order valence-electron chi connectivity index (χ2n) is 9.58. The van der Waals surface area contributed by atoms with Gasteiger partial charge >= 0.3 is 5.97 Å². The van der Waals surface area contributed by atoms with Crippen molar-refractivity contribution in [3.63, 3.8) is 0 Å². The molecule has 0 unspecified atom stereocenters. The summed E-state index contributed by atoms with van der Waals surface area (Å²) in [7, 11) is 2.03. The first kappa shape index (κ1) is 23.5. The van der Waals surface area contributed by atoms with Gasteiger partial charge in [0.15, 0.2) is 0 Å². The highest BCUT2D eigenvalue weighted by Crippen LogP contribution is 2.37. The summed E-state index contributed by atoms with van der Waals surface area (Å²) in [4.78, 5) is 21.4. The van der Waals surface area contributed by atoms with Crippen molar-refractivity contribution in [1.82, 2.24) is 25.1 Å². The summed E-state index contributed by atoms with van der Waals surface area (Å²) >= 11 is 0. The Morgan fingerprint density at radius 3 is 2.37 bits per heavy atom. The van der Waals surface area contributed by atoms with E-state index in [4.69, 9.17) is 9.84 Å². The van der Waals surface area contributed by atoms with Crippen molar-refractivity contribution in [3.8, 4) is 11.1 Å². The SMILES string of the molecule is CCOC(=O)Cn1cc(-c2cnc(NC3Cc4ccccc4C3)nc2)c(C2CCC(NC)CC2)n1. The molecule has 3 aromatic rings. The molecular weight excluding hydrogens is 440 g/mol. The first-order valence-corrected chi connectivity index (χ1v) is 12.7. The Morgan fingerprint density at radius 2 is 1.74 bits per heavy atom. The number of nitrogens with zero attached hydrogens (tertiary/aromatic N) is 4. The van der Waals surface area contributed by atoms with E-state index in [9.17, 15) is 4.79 Å². The van der Waals surface area contributed by atoms with Gasteiger partial charge in [-0.15, -0.1) is 0 Å². The predicted octanol–water partition coefficient (Wildman–Crippen LogP) is 3.73. The van der Waals surface area contributed by atoms with Crippen LogP contribution in [0.25, 0.3) is 11.1 Å². The van der Waals surface area contributed by atoms with Crippen LogP contribution in [0.15, 0.2) is 42.9 Å². The summed E-state index contributed by atoms with van der Waals surface area (Å²) in [5.74, 6) is 0.717. The molecule has 1 saturated carbocycles. The molecule has 0 spiro atoms. The highest BCUT2D eigenvalue weighted by molar-refractivity contribution is 5.70. The van der Waals surface area contributed by atoms with Crippen LogP contribution >= 0.6 is 0 Å². The number of nitrogens with one attached hydrogen (secondary N) is 2. The van der Waals surface area contributed by atoms with Crippen LogP contribution in [0, 0.1) is 0 Å². The zero-order chi connectivity index (χ0) is 24.2. The molecule has 1 fully saturated rings. The quantitative estimate of drug-likeness (QED) is 0.481. The highest BCUT2D eigenvalue weighted by atomic mass is 16.5. The Bertz CT molecular complexity index is 1130. The molecule has 2 N–H and O–H groups in total. The molecule has 35 heavy (non-hydrogen) atoms. The molecule has 0 atom stereocenters. The first-order chi connectivity index (χ1) is 17.1. The molecule has 184 valence electrons. The van der Waals surface area contributed by atoms with Gasteiger partial charge in [0.1, 0.15) is 6.54 Å². The van der Waals surface area contributed by atoms with Crippen LogP contribution in [0.1, 0.15) is 55.3 Å². The summed E-state index contributed by atoms with van der Waals surface area (Å²) in [6.07, 6.45) is 12.0. The molecule has 2 aliphatic rings. The normalized spacial score (nSPS) is 19.9. The van der Waals surface area contributed by atoms with Gasteiger partial charge in [0.25, 0.3) is 0 Å². The van der Waals surface area contributed by atoms with E-state index in [1.807, 2.05) is 32.6 Å². The third-order valence-electron chi connectivity index (χ3n) is 7.26. The molecule has 0 bridgehead atoms. The average Bonchev–Trinajstić information content (AvgIpc) is 3.48. The van der Waals surface area contributed by atoms with E-state index in [-0.39, 0.29) is 12.5 Å². The second-order valence-corrected chi connectivity index (χ2v) is 9.58. The molecule has 5 rings (SSSR count). The van der Waals surface area contributed by atoms with Gasteiger partial charge in [-0.2, -0.15) is 5.10 Å². The fourth-order valence-electron chi connectivity index (χ4n) is 5.42. The number of aromatic nitrogens is 4. The van der Waals surface area contributed by atoms with Gasteiger partial charge < -0.3 is 15.4 Å². The van der Waals surface area contributed by atoms with Crippen molar-refractivity contribution >= 4 is 11.9 Å². The number of carbonyl (C=O) groups excluding carboxylic acids is 1. The lowest BCUT2D eigenvalue weighted by Gasteiger charge is -2.27. The van der Waals surface area contributed by atoms with E-state index in [1.165, 1.54) is 11.1 Å². The molecule has 1 aromatic carbocycles. The van der Waals surface area contributed by atoms with Crippen LogP contribution in [0.2, 0.25) is 0 Å². The molecule has 0 saturated heterocycles. The zero-order valence-electron chi connectivity index (χ0n) is 20.5. The van der Waals surface area contributed by atoms with Gasteiger partial charge in [-0.25, -0.2) is 9.97 Å². The van der Waals surface area contributed by atoms with Crippen molar-refractivity contribution in [3.05, 3.63) is 59.7 Å². The number of esters is 1. The second kappa shape index (κ2) is 10.6. The van der Waals surface area contributed by atoms with E-state index in [2.05, 4.69) is 44.9 Å². The van der Waals surface area contributed by atoms with E-state index in [0.29, 0.717) is 30.6 Å². The van der Waals surface area contributed by atoms with Crippen LogP contribution in [0.5, 0.6) is 0 Å². The molecule has 0 aliphatic heterocycles. The number of hydrogen-bond donors (Lipinski definition) is 2. The number of anilines is 1. The molecule has 2 aromatic heterocycles. The average molecular weight is 475 g/mol. The lowest BCUT2D eigenvalue weighted by Crippen LogP contribution is -2.29. The Labute approximate surface area is 206 Å². The Balaban J connectivity index is 1.33. The van der Waals surface area contributed by atoms with Gasteiger partial charge in [0.2, 0.25) is 5.95 Å². The maximum absolute atomic E-state index is 12.1. The van der Waals surface area contributed by atoms with Crippen molar-refractivity contribution in [2.24, 2.45) is 0 Å². The molecule has 8 heteroatoms. The summed E-state index contributed by atoms with van der Waals surface area (Å²) < 4.78 is 6.84. The van der Waals surface area contributed by atoms with Crippen LogP contribution in [0.4, 0.5) is 5.95 Å². The van der Waals surface area contributed by atoms with Crippen molar-refractivity contribution in [2.75, 3.05) is 19.0 Å².